The van der Waals surface area contributed by atoms with E-state index in [0.29, 0.717) is 29.7 Å². The largest absolute Gasteiger partial charge is 0.454 e. The Morgan fingerprint density at radius 2 is 1.93 bits per heavy atom. The summed E-state index contributed by atoms with van der Waals surface area (Å²) in [6.07, 6.45) is 6.75. The maximum Gasteiger partial charge on any atom is 0.379 e. The summed E-state index contributed by atoms with van der Waals surface area (Å²) >= 11 is 0. The molecule has 0 amide bonds. The Balaban J connectivity index is 1.64. The van der Waals surface area contributed by atoms with Gasteiger partial charge < -0.3 is 9.15 Å². The average molecular weight is 366 g/mol. The van der Waals surface area contributed by atoms with Crippen LogP contribution in [0.5, 0.6) is 5.75 Å². The van der Waals surface area contributed by atoms with E-state index in [-0.39, 0.29) is 17.3 Å². The number of furan rings is 1. The fourth-order valence-corrected chi connectivity index (χ4v) is 2.80. The lowest BCUT2D eigenvalue weighted by Gasteiger charge is -2.12. The monoisotopic (exact) mass is 366 g/mol. The van der Waals surface area contributed by atoms with Crippen molar-refractivity contribution < 1.29 is 23.1 Å². The number of aryl methyl sites for hydroxylation is 1. The number of hydrogen-bond donors (Lipinski definition) is 0. The summed E-state index contributed by atoms with van der Waals surface area (Å²) < 4.78 is 24.1. The number of carbonyl (C=O) groups is 2. The van der Waals surface area contributed by atoms with Gasteiger partial charge in [0, 0.05) is 12.0 Å². The van der Waals surface area contributed by atoms with Crippen LogP contribution in [-0.2, 0) is 11.2 Å². The minimum Gasteiger partial charge on any atom is -0.454 e. The van der Waals surface area contributed by atoms with Crippen LogP contribution in [0.1, 0.15) is 36.6 Å². The lowest BCUT2D eigenvalue weighted by Crippen LogP contribution is -2.08. The highest BCUT2D eigenvalue weighted by Crippen LogP contribution is 2.23. The van der Waals surface area contributed by atoms with Gasteiger partial charge in [-0.3, -0.25) is 4.79 Å². The minimum atomic E-state index is -0.749. The first kappa shape index (κ1) is 18.6. The van der Waals surface area contributed by atoms with Gasteiger partial charge in [-0.25, -0.2) is 9.18 Å². The van der Waals surface area contributed by atoms with Gasteiger partial charge in [0.15, 0.2) is 17.3 Å². The molecule has 0 fully saturated rings. The fourth-order valence-electron chi connectivity index (χ4n) is 2.80. The molecule has 0 atom stereocenters. The maximum atomic E-state index is 13.6. The van der Waals surface area contributed by atoms with E-state index < -0.39 is 11.8 Å². The van der Waals surface area contributed by atoms with E-state index in [2.05, 4.69) is 0 Å². The highest BCUT2D eigenvalue weighted by atomic mass is 19.1. The van der Waals surface area contributed by atoms with Crippen molar-refractivity contribution in [3.63, 3.8) is 0 Å². The number of rotatable bonds is 5. The third-order valence-corrected chi connectivity index (χ3v) is 4.24. The molecule has 0 radical (unpaired) electrons. The summed E-state index contributed by atoms with van der Waals surface area (Å²) in [5.74, 6) is -0.836. The van der Waals surface area contributed by atoms with Gasteiger partial charge in [0.2, 0.25) is 5.76 Å². The minimum absolute atomic E-state index is 0.0157. The van der Waals surface area contributed by atoms with E-state index in [9.17, 15) is 14.0 Å². The molecule has 2 aromatic rings. The third kappa shape index (κ3) is 4.31. The Morgan fingerprint density at radius 3 is 2.67 bits per heavy atom. The topological polar surface area (TPSA) is 56.5 Å². The first-order chi connectivity index (χ1) is 13.0. The number of esters is 1. The zero-order chi connectivity index (χ0) is 19.4. The number of allylic oxidation sites excluding steroid dienone is 6. The number of Topliss-reactive ketones (excluding diaryl/α,β-unsaturated/α-hetero) is 1. The molecule has 27 heavy (non-hydrogen) atoms. The Kier molecular flexibility index (Phi) is 5.50. The van der Waals surface area contributed by atoms with Crippen LogP contribution in [0.25, 0.3) is 0 Å². The van der Waals surface area contributed by atoms with Crippen LogP contribution in [0, 0.1) is 5.82 Å². The summed E-state index contributed by atoms with van der Waals surface area (Å²) in [6.45, 7) is 3.63. The van der Waals surface area contributed by atoms with Crippen LogP contribution < -0.4 is 4.74 Å². The van der Waals surface area contributed by atoms with Crippen LogP contribution >= 0.6 is 0 Å². The predicted molar refractivity (Wildman–Crippen MR) is 99.0 cm³/mol. The fraction of sp³-hybridized carbons (Fsp3) is 0.182. The van der Waals surface area contributed by atoms with Crippen molar-refractivity contribution >= 4 is 11.8 Å². The van der Waals surface area contributed by atoms with Gasteiger partial charge in [-0.1, -0.05) is 24.3 Å². The maximum absolute atomic E-state index is 13.6. The van der Waals surface area contributed by atoms with Crippen LogP contribution in [0.15, 0.2) is 75.8 Å². The number of ether oxygens (including phenoxy) is 1. The van der Waals surface area contributed by atoms with E-state index in [1.807, 2.05) is 19.1 Å². The van der Waals surface area contributed by atoms with Crippen LogP contribution in [-0.4, -0.2) is 11.8 Å². The van der Waals surface area contributed by atoms with Crippen LogP contribution in [0.3, 0.4) is 0 Å². The van der Waals surface area contributed by atoms with Gasteiger partial charge in [0.25, 0.3) is 0 Å². The van der Waals surface area contributed by atoms with Crippen molar-refractivity contribution in [2.75, 3.05) is 0 Å². The normalized spacial score (nSPS) is 15.5. The SMILES string of the molecule is CC=C1C=C(CCc2ccc(C(=O)Oc3ccccc3F)o2)C=C(C)C1=O. The molecular formula is C22H19FO4. The highest BCUT2D eigenvalue weighted by molar-refractivity contribution is 6.11. The molecule has 1 aromatic carbocycles. The Morgan fingerprint density at radius 1 is 1.15 bits per heavy atom. The second kappa shape index (κ2) is 7.99. The number of carbonyl (C=O) groups excluding carboxylic acids is 2. The van der Waals surface area contributed by atoms with Crippen molar-refractivity contribution in [1.82, 2.24) is 0 Å². The van der Waals surface area contributed by atoms with Crippen LogP contribution in [0.4, 0.5) is 4.39 Å². The smallest absolute Gasteiger partial charge is 0.379 e. The van der Waals surface area contributed by atoms with Crippen molar-refractivity contribution in [2.24, 2.45) is 0 Å². The van der Waals surface area contributed by atoms with E-state index in [1.165, 1.54) is 24.3 Å². The summed E-state index contributed by atoms with van der Waals surface area (Å²) in [7, 11) is 0. The molecule has 138 valence electrons. The second-order valence-corrected chi connectivity index (χ2v) is 6.21. The lowest BCUT2D eigenvalue weighted by molar-refractivity contribution is -0.112. The Labute approximate surface area is 156 Å². The quantitative estimate of drug-likeness (QED) is 0.426. The van der Waals surface area contributed by atoms with E-state index in [1.54, 1.807) is 25.1 Å². The number of ketones is 1. The van der Waals surface area contributed by atoms with Gasteiger partial charge in [-0.2, -0.15) is 0 Å². The van der Waals surface area contributed by atoms with Gasteiger partial charge in [0.05, 0.1) is 0 Å². The van der Waals surface area contributed by atoms with Crippen molar-refractivity contribution in [3.8, 4) is 5.75 Å². The molecule has 0 saturated heterocycles. The predicted octanol–water partition coefficient (Wildman–Crippen LogP) is 4.97. The van der Waals surface area contributed by atoms with Gasteiger partial charge in [0.1, 0.15) is 5.76 Å². The zero-order valence-corrected chi connectivity index (χ0v) is 15.1. The molecule has 1 heterocycles. The molecule has 4 nitrogen and oxygen atoms in total. The molecule has 5 heteroatoms. The summed E-state index contributed by atoms with van der Waals surface area (Å²) in [5.41, 5.74) is 2.40. The zero-order valence-electron chi connectivity index (χ0n) is 15.1. The van der Waals surface area contributed by atoms with Crippen molar-refractivity contribution in [2.45, 2.75) is 26.7 Å². The standard InChI is InChI=1S/C22H19FO4/c1-3-16-13-15(12-14(2)21(16)24)8-9-17-10-11-20(26-17)22(25)27-19-7-5-4-6-18(19)23/h3-7,10-13H,8-9H2,1-2H3. The molecule has 0 spiro atoms. The third-order valence-electron chi connectivity index (χ3n) is 4.24. The van der Waals surface area contributed by atoms with E-state index >= 15 is 0 Å². The molecule has 0 N–H and O–H groups in total. The summed E-state index contributed by atoms with van der Waals surface area (Å²) in [5, 5.41) is 0. The number of benzene rings is 1. The number of para-hydroxylation sites is 1. The molecule has 1 aliphatic carbocycles. The molecule has 1 aromatic heterocycles. The van der Waals surface area contributed by atoms with E-state index in [4.69, 9.17) is 9.15 Å². The molecular weight excluding hydrogens is 347 g/mol. The van der Waals surface area contributed by atoms with Gasteiger partial charge in [-0.15, -0.1) is 0 Å². The Hall–Kier alpha value is -3.21. The number of hydrogen-bond acceptors (Lipinski definition) is 4. The lowest BCUT2D eigenvalue weighted by atomic mass is 9.92. The van der Waals surface area contributed by atoms with Gasteiger partial charge in [-0.05, 0) is 61.8 Å². The Bertz CT molecular complexity index is 976. The highest BCUT2D eigenvalue weighted by Gasteiger charge is 2.17. The summed E-state index contributed by atoms with van der Waals surface area (Å²) in [4.78, 5) is 24.0. The molecule has 1 aliphatic rings. The van der Waals surface area contributed by atoms with Crippen LogP contribution in [0.2, 0.25) is 0 Å². The molecule has 3 rings (SSSR count). The average Bonchev–Trinajstić information content (AvgIpc) is 3.13. The number of halogens is 1. The summed E-state index contributed by atoms with van der Waals surface area (Å²) in [6, 6.07) is 8.89. The van der Waals surface area contributed by atoms with Gasteiger partial charge >= 0.3 is 5.97 Å². The first-order valence-corrected chi connectivity index (χ1v) is 8.63. The van der Waals surface area contributed by atoms with Crippen molar-refractivity contribution in [1.29, 1.82) is 0 Å². The molecule has 0 bridgehead atoms. The van der Waals surface area contributed by atoms with Crippen molar-refractivity contribution in [3.05, 3.63) is 88.7 Å². The molecule has 0 aliphatic heterocycles. The molecule has 0 saturated carbocycles. The second-order valence-electron chi connectivity index (χ2n) is 6.21. The first-order valence-electron chi connectivity index (χ1n) is 8.63. The van der Waals surface area contributed by atoms with E-state index in [0.717, 1.165) is 5.57 Å². The molecule has 0 unspecified atom stereocenters.